The zero-order chi connectivity index (χ0) is 23.8. The number of benzene rings is 2. The Hall–Kier alpha value is -3.06. The summed E-state index contributed by atoms with van der Waals surface area (Å²) in [5.41, 5.74) is 0.422. The van der Waals surface area contributed by atoms with Gasteiger partial charge < -0.3 is 24.3 Å². The van der Waals surface area contributed by atoms with E-state index in [0.29, 0.717) is 12.2 Å². The van der Waals surface area contributed by atoms with Gasteiger partial charge in [0.2, 0.25) is 0 Å². The van der Waals surface area contributed by atoms with Gasteiger partial charge in [-0.1, -0.05) is 48.5 Å². The van der Waals surface area contributed by atoms with Crippen LogP contribution in [0, 0.1) is 5.92 Å². The highest BCUT2D eigenvalue weighted by atomic mass is 16.6. The van der Waals surface area contributed by atoms with Gasteiger partial charge in [0.1, 0.15) is 23.6 Å². The van der Waals surface area contributed by atoms with Gasteiger partial charge in [0.15, 0.2) is 6.04 Å². The number of cyclic esters (lactones) is 1. The van der Waals surface area contributed by atoms with Gasteiger partial charge in [-0.05, 0) is 51.8 Å². The number of carbonyl (C=O) groups is 2. The van der Waals surface area contributed by atoms with Gasteiger partial charge in [-0.2, -0.15) is 0 Å². The van der Waals surface area contributed by atoms with Crippen molar-refractivity contribution in [3.63, 3.8) is 0 Å². The fourth-order valence-electron chi connectivity index (χ4n) is 3.68. The molecular weight excluding hydrogens is 422 g/mol. The van der Waals surface area contributed by atoms with E-state index in [9.17, 15) is 9.59 Å². The average molecular weight is 456 g/mol. The lowest BCUT2D eigenvalue weighted by Gasteiger charge is -2.31. The van der Waals surface area contributed by atoms with Gasteiger partial charge in [0.25, 0.3) is 0 Å². The van der Waals surface area contributed by atoms with E-state index < -0.39 is 29.8 Å². The second-order valence-corrected chi connectivity index (χ2v) is 9.20. The van der Waals surface area contributed by atoms with Crippen molar-refractivity contribution in [1.82, 2.24) is 5.32 Å². The Morgan fingerprint density at radius 2 is 1.67 bits per heavy atom. The van der Waals surface area contributed by atoms with Gasteiger partial charge in [0.05, 0.1) is 13.2 Å². The lowest BCUT2D eigenvalue weighted by molar-refractivity contribution is -0.154. The number of para-hydroxylation sites is 1. The summed E-state index contributed by atoms with van der Waals surface area (Å²) < 4.78 is 23.2. The normalized spacial score (nSPS) is 23.9. The minimum atomic E-state index is -0.977. The molecule has 0 aromatic heterocycles. The van der Waals surface area contributed by atoms with E-state index in [-0.39, 0.29) is 25.2 Å². The minimum absolute atomic E-state index is 0.0441. The van der Waals surface area contributed by atoms with Crippen LogP contribution in [0.15, 0.2) is 60.7 Å². The zero-order valence-electron chi connectivity index (χ0n) is 19.7. The van der Waals surface area contributed by atoms with Crippen molar-refractivity contribution in [3.8, 4) is 5.75 Å². The van der Waals surface area contributed by atoms with E-state index >= 15 is 0 Å². The Labute approximate surface area is 195 Å². The Balaban J connectivity index is 1.79. The van der Waals surface area contributed by atoms with E-state index in [1.165, 1.54) is 0 Å². The van der Waals surface area contributed by atoms with Crippen molar-refractivity contribution < 1.29 is 28.5 Å². The third-order valence-electron chi connectivity index (χ3n) is 5.27. The molecule has 0 spiro atoms. The van der Waals surface area contributed by atoms with Crippen molar-refractivity contribution in [1.29, 1.82) is 0 Å². The Bertz CT molecular complexity index is 896. The monoisotopic (exact) mass is 455 g/mol. The molecular formula is C26H33NO6. The molecule has 1 aliphatic rings. The Morgan fingerprint density at radius 3 is 2.30 bits per heavy atom. The van der Waals surface area contributed by atoms with E-state index in [0.717, 1.165) is 5.56 Å². The zero-order valence-corrected chi connectivity index (χ0v) is 19.7. The van der Waals surface area contributed by atoms with Gasteiger partial charge in [-0.15, -0.1) is 0 Å². The predicted molar refractivity (Wildman–Crippen MR) is 124 cm³/mol. The first-order valence-corrected chi connectivity index (χ1v) is 11.2. The average Bonchev–Trinajstić information content (AvgIpc) is 2.80. The first-order chi connectivity index (χ1) is 15.7. The molecule has 0 aliphatic carbocycles. The van der Waals surface area contributed by atoms with Crippen LogP contribution < -0.4 is 10.1 Å². The van der Waals surface area contributed by atoms with Gasteiger partial charge >= 0.3 is 12.1 Å². The number of ether oxygens (including phenoxy) is 4. The first kappa shape index (κ1) is 24.6. The maximum atomic E-state index is 12.9. The summed E-state index contributed by atoms with van der Waals surface area (Å²) in [6.07, 6.45) is -0.898. The van der Waals surface area contributed by atoms with Crippen LogP contribution in [0.25, 0.3) is 0 Å². The molecule has 1 saturated heterocycles. The predicted octanol–water partition coefficient (Wildman–Crippen LogP) is 4.15. The fourth-order valence-corrected chi connectivity index (χ4v) is 3.68. The van der Waals surface area contributed by atoms with Crippen LogP contribution in [0.3, 0.4) is 0 Å². The van der Waals surface area contributed by atoms with Crippen LogP contribution in [0.5, 0.6) is 5.75 Å². The summed E-state index contributed by atoms with van der Waals surface area (Å²) in [5, 5.41) is 2.57. The molecule has 7 nitrogen and oxygen atoms in total. The summed E-state index contributed by atoms with van der Waals surface area (Å²) in [5.74, 6) is -0.0195. The molecule has 1 fully saturated rings. The van der Waals surface area contributed by atoms with Crippen LogP contribution >= 0.6 is 0 Å². The van der Waals surface area contributed by atoms with E-state index in [2.05, 4.69) is 5.32 Å². The molecule has 0 saturated carbocycles. The highest BCUT2D eigenvalue weighted by molar-refractivity contribution is 5.81. The van der Waals surface area contributed by atoms with Crippen LogP contribution in [0.4, 0.5) is 4.79 Å². The van der Waals surface area contributed by atoms with Gasteiger partial charge in [-0.25, -0.2) is 9.59 Å². The van der Waals surface area contributed by atoms with Gasteiger partial charge in [0, 0.05) is 5.92 Å². The molecule has 4 unspecified atom stereocenters. The van der Waals surface area contributed by atoms with Crippen molar-refractivity contribution in [2.24, 2.45) is 5.92 Å². The molecule has 1 N–H and O–H groups in total. The summed E-state index contributed by atoms with van der Waals surface area (Å²) in [7, 11) is 0. The standard InChI is InChI=1S/C26H33NO6/c1-18-21(15-19-11-7-5-8-12-19)23(32-20-13-9-6-10-14-20)17-30-16-22(24(28)31-18)27-25(29)33-26(2,3)4/h5-14,18,21-23H,15-17H2,1-4H3,(H,27,29). The molecule has 33 heavy (non-hydrogen) atoms. The van der Waals surface area contributed by atoms with Crippen molar-refractivity contribution in [2.75, 3.05) is 13.2 Å². The van der Waals surface area contributed by atoms with E-state index in [1.54, 1.807) is 20.8 Å². The fraction of sp³-hybridized carbons (Fsp3) is 0.462. The molecule has 0 radical (unpaired) electrons. The number of hydrogen-bond donors (Lipinski definition) is 1. The van der Waals surface area contributed by atoms with Gasteiger partial charge in [-0.3, -0.25) is 0 Å². The quantitative estimate of drug-likeness (QED) is 0.682. The molecule has 4 atom stereocenters. The lowest BCUT2D eigenvalue weighted by atomic mass is 9.89. The van der Waals surface area contributed by atoms with E-state index in [1.807, 2.05) is 67.6 Å². The molecule has 2 aromatic carbocycles. The molecule has 1 aliphatic heterocycles. The summed E-state index contributed by atoms with van der Waals surface area (Å²) in [4.78, 5) is 25.1. The SMILES string of the molecule is CC1OC(=O)C(NC(=O)OC(C)(C)C)COCC(Oc2ccccc2)C1Cc1ccccc1. The van der Waals surface area contributed by atoms with Crippen molar-refractivity contribution in [2.45, 2.75) is 58.0 Å². The molecule has 7 heteroatoms. The second-order valence-electron chi connectivity index (χ2n) is 9.20. The summed E-state index contributed by atoms with van der Waals surface area (Å²) >= 11 is 0. The topological polar surface area (TPSA) is 83.1 Å². The summed E-state index contributed by atoms with van der Waals surface area (Å²) in [6, 6.07) is 18.5. The molecule has 1 heterocycles. The number of esters is 1. The maximum absolute atomic E-state index is 12.9. The maximum Gasteiger partial charge on any atom is 0.408 e. The van der Waals surface area contributed by atoms with E-state index in [4.69, 9.17) is 18.9 Å². The largest absolute Gasteiger partial charge is 0.488 e. The van der Waals surface area contributed by atoms with Crippen LogP contribution in [-0.4, -0.2) is 49.1 Å². The summed E-state index contributed by atoms with van der Waals surface area (Å²) in [6.45, 7) is 7.31. The Morgan fingerprint density at radius 1 is 1.03 bits per heavy atom. The number of hydrogen-bond acceptors (Lipinski definition) is 6. The van der Waals surface area contributed by atoms with Crippen LogP contribution in [0.1, 0.15) is 33.3 Å². The highest BCUT2D eigenvalue weighted by Gasteiger charge is 2.36. The number of rotatable bonds is 5. The highest BCUT2D eigenvalue weighted by Crippen LogP contribution is 2.25. The molecule has 1 amide bonds. The van der Waals surface area contributed by atoms with Crippen molar-refractivity contribution in [3.05, 3.63) is 66.2 Å². The number of amides is 1. The number of alkyl carbamates (subject to hydrolysis) is 1. The Kier molecular flexibility index (Phi) is 8.33. The lowest BCUT2D eigenvalue weighted by Crippen LogP contribution is -2.47. The van der Waals surface area contributed by atoms with Crippen LogP contribution in [-0.2, 0) is 25.4 Å². The first-order valence-electron chi connectivity index (χ1n) is 11.2. The molecule has 178 valence electrons. The number of carbonyl (C=O) groups excluding carboxylic acids is 2. The number of nitrogens with one attached hydrogen (secondary N) is 1. The third kappa shape index (κ3) is 7.79. The molecule has 2 aromatic rings. The second kappa shape index (κ2) is 11.2. The minimum Gasteiger partial charge on any atom is -0.488 e. The third-order valence-corrected chi connectivity index (χ3v) is 5.27. The molecule has 3 rings (SSSR count). The van der Waals surface area contributed by atoms with Crippen LogP contribution in [0.2, 0.25) is 0 Å². The smallest absolute Gasteiger partial charge is 0.408 e. The van der Waals surface area contributed by atoms with Crippen molar-refractivity contribution >= 4 is 12.1 Å². The molecule has 0 bridgehead atoms.